The van der Waals surface area contributed by atoms with Crippen LogP contribution in [0, 0.1) is 11.3 Å². The van der Waals surface area contributed by atoms with Crippen LogP contribution in [-0.4, -0.2) is 24.8 Å². The lowest BCUT2D eigenvalue weighted by Crippen LogP contribution is -2.25. The smallest absolute Gasteiger partial charge is 0.132 e. The molecule has 6 rings (SSSR count). The van der Waals surface area contributed by atoms with Crippen molar-refractivity contribution < 1.29 is 0 Å². The molecule has 0 saturated carbocycles. The van der Waals surface area contributed by atoms with Crippen molar-refractivity contribution in [3.8, 4) is 39.4 Å². The molecule has 210 valence electrons. The third-order valence-electron chi connectivity index (χ3n) is 8.03. The van der Waals surface area contributed by atoms with Crippen molar-refractivity contribution in [3.63, 3.8) is 0 Å². The van der Waals surface area contributed by atoms with Gasteiger partial charge in [-0.1, -0.05) is 115 Å². The fraction of sp³-hybridized carbons (Fsp3) is 0.128. The molecule has 0 aliphatic heterocycles. The second kappa shape index (κ2) is 12.3. The zero-order valence-corrected chi connectivity index (χ0v) is 24.5. The number of fused-ring (bicyclic) bond motifs is 1. The molecule has 1 atom stereocenters. The van der Waals surface area contributed by atoms with Gasteiger partial charge in [-0.3, -0.25) is 0 Å². The van der Waals surface area contributed by atoms with Gasteiger partial charge in [-0.2, -0.15) is 5.26 Å². The summed E-state index contributed by atoms with van der Waals surface area (Å²) in [5.74, 6) is 0.852. The first kappa shape index (κ1) is 27.9. The molecule has 0 amide bonds. The van der Waals surface area contributed by atoms with E-state index in [2.05, 4.69) is 78.9 Å². The summed E-state index contributed by atoms with van der Waals surface area (Å²) in [6, 6.07) is 41.8. The van der Waals surface area contributed by atoms with Gasteiger partial charge >= 0.3 is 0 Å². The van der Waals surface area contributed by atoms with Gasteiger partial charge in [0.15, 0.2) is 0 Å². The molecular formula is C39H34N4. The van der Waals surface area contributed by atoms with E-state index in [0.717, 1.165) is 40.9 Å². The van der Waals surface area contributed by atoms with Crippen molar-refractivity contribution in [1.29, 1.82) is 5.26 Å². The molecule has 0 aromatic heterocycles. The molecule has 5 aromatic carbocycles. The normalized spacial score (nSPS) is 13.2. The third kappa shape index (κ3) is 5.90. The molecule has 1 aliphatic rings. The van der Waals surface area contributed by atoms with Crippen molar-refractivity contribution in [1.82, 2.24) is 4.90 Å². The van der Waals surface area contributed by atoms with E-state index in [-0.39, 0.29) is 0 Å². The quantitative estimate of drug-likeness (QED) is 0.168. The molecule has 1 aliphatic carbocycles. The summed E-state index contributed by atoms with van der Waals surface area (Å²) in [5.41, 5.74) is 19.0. The molecule has 4 nitrogen and oxygen atoms in total. The van der Waals surface area contributed by atoms with Crippen LogP contribution in [0.5, 0.6) is 0 Å². The fourth-order valence-corrected chi connectivity index (χ4v) is 5.76. The van der Waals surface area contributed by atoms with Gasteiger partial charge in [0.1, 0.15) is 12.0 Å². The molecule has 5 aromatic rings. The van der Waals surface area contributed by atoms with Crippen LogP contribution in [0.25, 0.3) is 39.5 Å². The van der Waals surface area contributed by atoms with Crippen molar-refractivity contribution in [2.45, 2.75) is 19.0 Å². The summed E-state index contributed by atoms with van der Waals surface area (Å²) in [5, 5.41) is 9.10. The monoisotopic (exact) mass is 558 g/mol. The van der Waals surface area contributed by atoms with Crippen LogP contribution in [0.15, 0.2) is 126 Å². The average Bonchev–Trinajstić information content (AvgIpc) is 3.07. The minimum Gasteiger partial charge on any atom is -0.362 e. The number of hydrogen-bond donors (Lipinski definition) is 1. The van der Waals surface area contributed by atoms with Crippen molar-refractivity contribution in [2.24, 2.45) is 10.7 Å². The average molecular weight is 559 g/mol. The summed E-state index contributed by atoms with van der Waals surface area (Å²) in [7, 11) is 4.00. The van der Waals surface area contributed by atoms with Crippen LogP contribution in [0.2, 0.25) is 0 Å². The summed E-state index contributed by atoms with van der Waals surface area (Å²) in [4.78, 5) is 6.88. The summed E-state index contributed by atoms with van der Waals surface area (Å²) < 4.78 is 0. The number of rotatable bonds is 6. The highest BCUT2D eigenvalue weighted by molar-refractivity contribution is 5.99. The molecule has 0 bridgehead atoms. The molecule has 0 radical (unpaired) electrons. The highest BCUT2D eigenvalue weighted by atomic mass is 15.2. The van der Waals surface area contributed by atoms with Crippen LogP contribution in [0.3, 0.4) is 0 Å². The third-order valence-corrected chi connectivity index (χ3v) is 8.03. The lowest BCUT2D eigenvalue weighted by Gasteiger charge is -2.21. The van der Waals surface area contributed by atoms with Crippen LogP contribution in [-0.2, 0) is 6.42 Å². The molecular weight excluding hydrogens is 524 g/mol. The van der Waals surface area contributed by atoms with E-state index in [1.807, 2.05) is 73.6 Å². The number of hydrogen-bond acceptors (Lipinski definition) is 3. The minimum atomic E-state index is -0.429. The number of amidine groups is 1. The second-order valence-electron chi connectivity index (χ2n) is 11.0. The van der Waals surface area contributed by atoms with Crippen molar-refractivity contribution >= 4 is 11.9 Å². The second-order valence-corrected chi connectivity index (χ2v) is 11.0. The largest absolute Gasteiger partial charge is 0.362 e. The Morgan fingerprint density at radius 2 is 1.33 bits per heavy atom. The summed E-state index contributed by atoms with van der Waals surface area (Å²) in [6.45, 7) is 0. The summed E-state index contributed by atoms with van der Waals surface area (Å²) >= 11 is 0. The number of aliphatic imine (C=N–C) groups is 1. The molecule has 0 heterocycles. The first-order chi connectivity index (χ1) is 21.0. The maximum absolute atomic E-state index is 9.10. The molecule has 43 heavy (non-hydrogen) atoms. The van der Waals surface area contributed by atoms with E-state index in [9.17, 15) is 0 Å². The van der Waals surface area contributed by atoms with Gasteiger partial charge in [0.05, 0.1) is 11.6 Å². The minimum absolute atomic E-state index is 0.429. The standard InChI is InChI=1S/C39H34N4/c1-43(2)39(42-38(41)32-8-4-3-5-9-32)33-22-20-31(21-23-33)35-25-24-34(36-10-6-7-11-37(35)36)30-18-16-29(17-19-30)28-14-12-27(26-40)13-15-28/h3-5,7-9,11-25,38H,6,10,41H2,1-2H3. The highest BCUT2D eigenvalue weighted by Crippen LogP contribution is 2.38. The fourth-order valence-electron chi connectivity index (χ4n) is 5.76. The topological polar surface area (TPSA) is 65.4 Å². The van der Waals surface area contributed by atoms with Gasteiger partial charge in [-0.05, 0) is 75.0 Å². The van der Waals surface area contributed by atoms with Crippen LogP contribution < -0.4 is 5.73 Å². The van der Waals surface area contributed by atoms with E-state index in [1.54, 1.807) is 0 Å². The number of allylic oxidation sites excluding steroid dienone is 1. The van der Waals surface area contributed by atoms with E-state index >= 15 is 0 Å². The van der Waals surface area contributed by atoms with Gasteiger partial charge < -0.3 is 10.6 Å². The van der Waals surface area contributed by atoms with Gasteiger partial charge in [-0.25, -0.2) is 4.99 Å². The predicted octanol–water partition coefficient (Wildman–Crippen LogP) is 8.48. The van der Waals surface area contributed by atoms with E-state index in [0.29, 0.717) is 5.56 Å². The Hall–Kier alpha value is -5.24. The molecule has 2 N–H and O–H groups in total. The van der Waals surface area contributed by atoms with Gasteiger partial charge in [0, 0.05) is 19.7 Å². The zero-order chi connectivity index (χ0) is 29.8. The van der Waals surface area contributed by atoms with Crippen molar-refractivity contribution in [2.75, 3.05) is 14.1 Å². The zero-order valence-electron chi connectivity index (χ0n) is 24.5. The van der Waals surface area contributed by atoms with Gasteiger partial charge in [0.2, 0.25) is 0 Å². The Morgan fingerprint density at radius 3 is 1.98 bits per heavy atom. The first-order valence-corrected chi connectivity index (χ1v) is 14.6. The number of benzene rings is 5. The van der Waals surface area contributed by atoms with Gasteiger partial charge in [-0.15, -0.1) is 0 Å². The lowest BCUT2D eigenvalue weighted by atomic mass is 9.84. The SMILES string of the molecule is CN(C)C(=NC(N)c1ccccc1)c1ccc(-c2ccc(-c3ccc(-c4ccc(C#N)cc4)cc3)c3c2C=CCC3)cc1. The Labute approximate surface area is 254 Å². The van der Waals surface area contributed by atoms with E-state index in [1.165, 1.54) is 33.4 Å². The van der Waals surface area contributed by atoms with Crippen LogP contribution >= 0.6 is 0 Å². The maximum Gasteiger partial charge on any atom is 0.132 e. The maximum atomic E-state index is 9.10. The summed E-state index contributed by atoms with van der Waals surface area (Å²) in [6.07, 6.45) is 6.18. The Bertz CT molecular complexity index is 1820. The van der Waals surface area contributed by atoms with Gasteiger partial charge in [0.25, 0.3) is 0 Å². The van der Waals surface area contributed by atoms with Crippen molar-refractivity contribution in [3.05, 3.63) is 149 Å². The predicted molar refractivity (Wildman–Crippen MR) is 178 cm³/mol. The number of nitriles is 1. The highest BCUT2D eigenvalue weighted by Gasteiger charge is 2.17. The Kier molecular flexibility index (Phi) is 8.00. The number of nitrogens with zero attached hydrogens (tertiary/aromatic N) is 3. The van der Waals surface area contributed by atoms with Crippen LogP contribution in [0.1, 0.15) is 40.4 Å². The molecule has 1 unspecified atom stereocenters. The van der Waals surface area contributed by atoms with Crippen LogP contribution in [0.4, 0.5) is 0 Å². The molecule has 0 fully saturated rings. The molecule has 0 saturated heterocycles. The van der Waals surface area contributed by atoms with E-state index in [4.69, 9.17) is 16.0 Å². The lowest BCUT2D eigenvalue weighted by molar-refractivity contribution is 0.607. The number of nitrogens with two attached hydrogens (primary N) is 1. The Balaban J connectivity index is 1.30. The van der Waals surface area contributed by atoms with E-state index < -0.39 is 6.17 Å². The molecule has 4 heteroatoms. The molecule has 0 spiro atoms. The first-order valence-electron chi connectivity index (χ1n) is 14.6. The Morgan fingerprint density at radius 1 is 0.744 bits per heavy atom.